The van der Waals surface area contributed by atoms with Gasteiger partial charge < -0.3 is 15.1 Å². The fourth-order valence-electron chi connectivity index (χ4n) is 3.50. The molecule has 6 heteroatoms. The van der Waals surface area contributed by atoms with E-state index in [9.17, 15) is 0 Å². The highest BCUT2D eigenvalue weighted by Crippen LogP contribution is 2.14. The average molecular weight is 496 g/mol. The largest absolute Gasteiger partial charge is 0.466 e. The maximum absolute atomic E-state index is 5.59. The van der Waals surface area contributed by atoms with Crippen LogP contribution in [0.3, 0.4) is 0 Å². The fourth-order valence-corrected chi connectivity index (χ4v) is 3.50. The molecule has 1 aromatic heterocycles. The Kier molecular flexibility index (Phi) is 9.31. The van der Waals surface area contributed by atoms with Crippen molar-refractivity contribution in [3.05, 3.63) is 58.5 Å². The van der Waals surface area contributed by atoms with E-state index in [1.54, 1.807) is 0 Å². The van der Waals surface area contributed by atoms with Crippen molar-refractivity contribution < 1.29 is 4.42 Å². The van der Waals surface area contributed by atoms with E-state index in [1.807, 2.05) is 13.8 Å². The third-order valence-corrected chi connectivity index (χ3v) is 4.98. The maximum atomic E-state index is 5.59. The molecule has 5 nitrogen and oxygen atoms in total. The highest BCUT2D eigenvalue weighted by atomic mass is 127. The SMILES string of the molecule is CCNC(=NCc1ccc(CN2CCCC2)cc1)NCc1cc(C)oc1C.I. The van der Waals surface area contributed by atoms with Crippen molar-refractivity contribution in [2.75, 3.05) is 19.6 Å². The van der Waals surface area contributed by atoms with Crippen molar-refractivity contribution in [1.29, 1.82) is 0 Å². The summed E-state index contributed by atoms with van der Waals surface area (Å²) >= 11 is 0. The predicted octanol–water partition coefficient (Wildman–Crippen LogP) is 4.37. The van der Waals surface area contributed by atoms with E-state index in [4.69, 9.17) is 9.41 Å². The van der Waals surface area contributed by atoms with Crippen molar-refractivity contribution in [2.24, 2.45) is 4.99 Å². The molecule has 154 valence electrons. The monoisotopic (exact) mass is 496 g/mol. The highest BCUT2D eigenvalue weighted by molar-refractivity contribution is 14.0. The summed E-state index contributed by atoms with van der Waals surface area (Å²) in [6.45, 7) is 11.8. The summed E-state index contributed by atoms with van der Waals surface area (Å²) in [7, 11) is 0. The van der Waals surface area contributed by atoms with Gasteiger partial charge in [0.15, 0.2) is 5.96 Å². The summed E-state index contributed by atoms with van der Waals surface area (Å²) < 4.78 is 5.59. The summed E-state index contributed by atoms with van der Waals surface area (Å²) in [5.74, 6) is 2.74. The van der Waals surface area contributed by atoms with E-state index >= 15 is 0 Å². The van der Waals surface area contributed by atoms with Crippen LogP contribution < -0.4 is 10.6 Å². The van der Waals surface area contributed by atoms with Crippen LogP contribution in [0.4, 0.5) is 0 Å². The van der Waals surface area contributed by atoms with Gasteiger partial charge >= 0.3 is 0 Å². The minimum atomic E-state index is 0. The van der Waals surface area contributed by atoms with Crippen LogP contribution in [0.2, 0.25) is 0 Å². The van der Waals surface area contributed by atoms with Crippen LogP contribution in [0.15, 0.2) is 39.7 Å². The van der Waals surface area contributed by atoms with Gasteiger partial charge in [0, 0.05) is 25.2 Å². The zero-order chi connectivity index (χ0) is 19.1. The number of halogens is 1. The van der Waals surface area contributed by atoms with E-state index in [-0.39, 0.29) is 24.0 Å². The van der Waals surface area contributed by atoms with Crippen LogP contribution in [0.1, 0.15) is 48.0 Å². The first kappa shape index (κ1) is 22.7. The quantitative estimate of drug-likeness (QED) is 0.340. The van der Waals surface area contributed by atoms with Gasteiger partial charge in [0.1, 0.15) is 11.5 Å². The van der Waals surface area contributed by atoms with Crippen LogP contribution in [-0.4, -0.2) is 30.5 Å². The molecule has 1 saturated heterocycles. The standard InChI is InChI=1S/C22H32N4O.HI/c1-4-23-22(25-15-21-13-17(2)27-18(21)3)24-14-19-7-9-20(10-8-19)16-26-11-5-6-12-26;/h7-10,13H,4-6,11-12,14-16H2,1-3H3,(H2,23,24,25);1H. The molecule has 1 aliphatic rings. The number of furan rings is 1. The fraction of sp³-hybridized carbons (Fsp3) is 0.500. The van der Waals surface area contributed by atoms with Gasteiger partial charge in [0.2, 0.25) is 0 Å². The minimum absolute atomic E-state index is 0. The highest BCUT2D eigenvalue weighted by Gasteiger charge is 2.11. The lowest BCUT2D eigenvalue weighted by atomic mass is 10.1. The van der Waals surface area contributed by atoms with Gasteiger partial charge in [-0.3, -0.25) is 4.90 Å². The Labute approximate surface area is 186 Å². The lowest BCUT2D eigenvalue weighted by Crippen LogP contribution is -2.36. The summed E-state index contributed by atoms with van der Waals surface area (Å²) in [4.78, 5) is 7.25. The van der Waals surface area contributed by atoms with Gasteiger partial charge in [-0.05, 0) is 63.9 Å². The van der Waals surface area contributed by atoms with Crippen molar-refractivity contribution in [1.82, 2.24) is 15.5 Å². The lowest BCUT2D eigenvalue weighted by molar-refractivity contribution is 0.331. The Morgan fingerprint density at radius 1 is 1.07 bits per heavy atom. The third kappa shape index (κ3) is 6.81. The van der Waals surface area contributed by atoms with Gasteiger partial charge in [-0.2, -0.15) is 0 Å². The number of likely N-dealkylation sites (tertiary alicyclic amines) is 1. The molecule has 0 radical (unpaired) electrons. The molecule has 0 saturated carbocycles. The first-order valence-corrected chi connectivity index (χ1v) is 10.0. The van der Waals surface area contributed by atoms with Gasteiger partial charge in [-0.25, -0.2) is 4.99 Å². The molecular formula is C22H33IN4O. The lowest BCUT2D eigenvalue weighted by Gasteiger charge is -2.14. The van der Waals surface area contributed by atoms with Crippen molar-refractivity contribution in [2.45, 2.75) is 53.2 Å². The molecule has 3 rings (SSSR count). The molecule has 2 N–H and O–H groups in total. The second kappa shape index (κ2) is 11.5. The Bertz CT molecular complexity index is 748. The number of nitrogens with zero attached hydrogens (tertiary/aromatic N) is 2. The van der Waals surface area contributed by atoms with E-state index in [0.29, 0.717) is 13.1 Å². The number of aryl methyl sites for hydroxylation is 2. The van der Waals surface area contributed by atoms with Gasteiger partial charge in [-0.15, -0.1) is 24.0 Å². The molecule has 0 bridgehead atoms. The molecule has 2 aromatic rings. The van der Waals surface area contributed by atoms with Crippen molar-refractivity contribution in [3.8, 4) is 0 Å². The number of nitrogens with one attached hydrogen (secondary N) is 2. The van der Waals surface area contributed by atoms with Crippen LogP contribution in [0.25, 0.3) is 0 Å². The maximum Gasteiger partial charge on any atom is 0.191 e. The zero-order valence-electron chi connectivity index (χ0n) is 17.3. The Balaban J connectivity index is 0.00000280. The smallest absolute Gasteiger partial charge is 0.191 e. The number of hydrogen-bond acceptors (Lipinski definition) is 3. The first-order valence-electron chi connectivity index (χ1n) is 10.0. The molecule has 1 aliphatic heterocycles. The van der Waals surface area contributed by atoms with Crippen LogP contribution in [0, 0.1) is 13.8 Å². The number of aliphatic imine (C=N–C) groups is 1. The van der Waals surface area contributed by atoms with Gasteiger partial charge in [0.05, 0.1) is 6.54 Å². The Morgan fingerprint density at radius 3 is 2.36 bits per heavy atom. The molecule has 0 unspecified atom stereocenters. The van der Waals surface area contributed by atoms with E-state index in [1.165, 1.54) is 42.6 Å². The minimum Gasteiger partial charge on any atom is -0.466 e. The summed E-state index contributed by atoms with van der Waals surface area (Å²) in [5, 5.41) is 6.70. The number of hydrogen-bond donors (Lipinski definition) is 2. The van der Waals surface area contributed by atoms with Crippen molar-refractivity contribution >= 4 is 29.9 Å². The second-order valence-corrected chi connectivity index (χ2v) is 7.29. The normalized spacial score (nSPS) is 14.8. The number of guanidine groups is 1. The summed E-state index contributed by atoms with van der Waals surface area (Å²) in [6, 6.07) is 10.9. The van der Waals surface area contributed by atoms with Crippen molar-refractivity contribution in [3.63, 3.8) is 0 Å². The molecule has 1 aromatic carbocycles. The summed E-state index contributed by atoms with van der Waals surface area (Å²) in [6.07, 6.45) is 2.68. The second-order valence-electron chi connectivity index (χ2n) is 7.29. The number of rotatable bonds is 7. The predicted molar refractivity (Wildman–Crippen MR) is 126 cm³/mol. The Morgan fingerprint density at radius 2 is 1.75 bits per heavy atom. The molecule has 0 atom stereocenters. The topological polar surface area (TPSA) is 52.8 Å². The van der Waals surface area contributed by atoms with Crippen LogP contribution in [0.5, 0.6) is 0 Å². The zero-order valence-corrected chi connectivity index (χ0v) is 19.6. The van der Waals surface area contributed by atoms with E-state index in [2.05, 4.69) is 52.8 Å². The van der Waals surface area contributed by atoms with E-state index < -0.39 is 0 Å². The molecule has 28 heavy (non-hydrogen) atoms. The first-order chi connectivity index (χ1) is 13.1. The van der Waals surface area contributed by atoms with Crippen LogP contribution >= 0.6 is 24.0 Å². The van der Waals surface area contributed by atoms with Gasteiger partial charge in [-0.1, -0.05) is 24.3 Å². The molecule has 0 spiro atoms. The molecule has 1 fully saturated rings. The molecule has 0 aliphatic carbocycles. The average Bonchev–Trinajstić information content (AvgIpc) is 3.28. The van der Waals surface area contributed by atoms with E-state index in [0.717, 1.165) is 30.6 Å². The molecule has 2 heterocycles. The summed E-state index contributed by atoms with van der Waals surface area (Å²) in [5.41, 5.74) is 3.79. The Hall–Kier alpha value is -1.54. The third-order valence-electron chi connectivity index (χ3n) is 4.98. The number of benzene rings is 1. The van der Waals surface area contributed by atoms with Gasteiger partial charge in [0.25, 0.3) is 0 Å². The van der Waals surface area contributed by atoms with Crippen LogP contribution in [-0.2, 0) is 19.6 Å². The molecule has 0 amide bonds. The molecular weight excluding hydrogens is 463 g/mol.